The summed E-state index contributed by atoms with van der Waals surface area (Å²) in [5, 5.41) is 32.1. The molecule has 4 atom stereocenters. The van der Waals surface area contributed by atoms with Crippen LogP contribution >= 0.6 is 0 Å². The summed E-state index contributed by atoms with van der Waals surface area (Å²) in [5.74, 6) is 0.700. The second-order valence-electron chi connectivity index (χ2n) is 6.36. The van der Waals surface area contributed by atoms with E-state index in [0.717, 1.165) is 12.8 Å². The lowest BCUT2D eigenvalue weighted by Gasteiger charge is -2.27. The number of aromatic nitrogens is 4. The second-order valence-corrected chi connectivity index (χ2v) is 6.36. The van der Waals surface area contributed by atoms with E-state index in [2.05, 4.69) is 20.3 Å². The van der Waals surface area contributed by atoms with Crippen LogP contribution in [-0.2, 0) is 4.74 Å². The van der Waals surface area contributed by atoms with E-state index in [1.165, 1.54) is 6.92 Å². The molecule has 138 valence electrons. The molecule has 10 heteroatoms. The molecular weight excluding hydrogens is 328 g/mol. The molecule has 2 aromatic heterocycles. The standard InChI is InChI=1S/C15H24N6O4/c1-7(23)12(24)10(5-22)25-8(2)21-6-17-11-13(18-9-3-4-9)19-15(16)20-14(11)21/h6-10,12,22-24H,3-5H2,1-2H3,(H3,16,18,19,20)/t7?,8-,10-,12+/m1/s1. The van der Waals surface area contributed by atoms with Gasteiger partial charge in [0, 0.05) is 6.04 Å². The Morgan fingerprint density at radius 1 is 1.36 bits per heavy atom. The van der Waals surface area contributed by atoms with Crippen LogP contribution in [0, 0.1) is 0 Å². The van der Waals surface area contributed by atoms with Crippen molar-refractivity contribution in [2.45, 2.75) is 57.3 Å². The number of nitrogens with zero attached hydrogens (tertiary/aromatic N) is 4. The third kappa shape index (κ3) is 3.82. The molecule has 0 saturated heterocycles. The molecule has 0 aliphatic heterocycles. The Hall–Kier alpha value is -2.01. The van der Waals surface area contributed by atoms with Gasteiger partial charge in [-0.1, -0.05) is 0 Å². The largest absolute Gasteiger partial charge is 0.394 e. The van der Waals surface area contributed by atoms with Crippen LogP contribution in [0.4, 0.5) is 11.8 Å². The van der Waals surface area contributed by atoms with Gasteiger partial charge in [-0.2, -0.15) is 9.97 Å². The quantitative estimate of drug-likeness (QED) is 0.428. The van der Waals surface area contributed by atoms with E-state index in [1.54, 1.807) is 17.8 Å². The van der Waals surface area contributed by atoms with Crippen LogP contribution in [0.2, 0.25) is 0 Å². The predicted molar refractivity (Wildman–Crippen MR) is 90.7 cm³/mol. The van der Waals surface area contributed by atoms with Crippen LogP contribution in [-0.4, -0.2) is 65.8 Å². The number of anilines is 2. The lowest BCUT2D eigenvalue weighted by atomic mass is 10.1. The highest BCUT2D eigenvalue weighted by molar-refractivity contribution is 5.84. The highest BCUT2D eigenvalue weighted by Crippen LogP contribution is 2.29. The lowest BCUT2D eigenvalue weighted by Crippen LogP contribution is -2.41. The van der Waals surface area contributed by atoms with Crippen molar-refractivity contribution in [1.82, 2.24) is 19.5 Å². The van der Waals surface area contributed by atoms with Gasteiger partial charge < -0.3 is 31.1 Å². The van der Waals surface area contributed by atoms with Crippen LogP contribution in [0.5, 0.6) is 0 Å². The summed E-state index contributed by atoms with van der Waals surface area (Å²) in [6.45, 7) is 2.72. The number of imidazole rings is 1. The molecule has 2 heterocycles. The Balaban J connectivity index is 1.86. The molecule has 1 aliphatic carbocycles. The van der Waals surface area contributed by atoms with Gasteiger partial charge in [-0.05, 0) is 26.7 Å². The number of nitrogens with one attached hydrogen (secondary N) is 1. The Bertz CT molecular complexity index is 732. The highest BCUT2D eigenvalue weighted by atomic mass is 16.5. The number of fused-ring (bicyclic) bond motifs is 1. The van der Waals surface area contributed by atoms with Crippen molar-refractivity contribution in [3.63, 3.8) is 0 Å². The fourth-order valence-electron chi connectivity index (χ4n) is 2.58. The fourth-order valence-corrected chi connectivity index (χ4v) is 2.58. The molecule has 10 nitrogen and oxygen atoms in total. The van der Waals surface area contributed by atoms with Crippen molar-refractivity contribution in [2.24, 2.45) is 0 Å². The summed E-state index contributed by atoms with van der Waals surface area (Å²) in [4.78, 5) is 12.8. The number of nitrogen functional groups attached to an aromatic ring is 1. The van der Waals surface area contributed by atoms with E-state index in [0.29, 0.717) is 23.0 Å². The van der Waals surface area contributed by atoms with Crippen molar-refractivity contribution >= 4 is 22.9 Å². The van der Waals surface area contributed by atoms with Gasteiger partial charge in [-0.15, -0.1) is 0 Å². The average molecular weight is 352 g/mol. The van der Waals surface area contributed by atoms with Crippen molar-refractivity contribution in [3.05, 3.63) is 6.33 Å². The van der Waals surface area contributed by atoms with E-state index in [-0.39, 0.29) is 5.95 Å². The normalized spacial score (nSPS) is 19.6. The molecule has 0 radical (unpaired) electrons. The minimum absolute atomic E-state index is 0.118. The van der Waals surface area contributed by atoms with E-state index in [9.17, 15) is 15.3 Å². The maximum Gasteiger partial charge on any atom is 0.224 e. The maximum atomic E-state index is 9.92. The Kier molecular flexibility index (Phi) is 5.04. The zero-order chi connectivity index (χ0) is 18.1. The first-order valence-corrected chi connectivity index (χ1v) is 8.29. The summed E-state index contributed by atoms with van der Waals surface area (Å²) in [6.07, 6.45) is -0.0770. The van der Waals surface area contributed by atoms with Crippen LogP contribution < -0.4 is 11.1 Å². The zero-order valence-corrected chi connectivity index (χ0v) is 14.2. The smallest absolute Gasteiger partial charge is 0.224 e. The summed E-state index contributed by atoms with van der Waals surface area (Å²) in [5.41, 5.74) is 6.88. The fraction of sp³-hybridized carbons (Fsp3) is 0.667. The molecule has 0 amide bonds. The minimum atomic E-state index is -1.21. The summed E-state index contributed by atoms with van der Waals surface area (Å²) < 4.78 is 7.33. The van der Waals surface area contributed by atoms with Gasteiger partial charge in [-0.25, -0.2) is 4.98 Å². The van der Waals surface area contributed by atoms with Crippen molar-refractivity contribution < 1.29 is 20.1 Å². The van der Waals surface area contributed by atoms with Gasteiger partial charge in [0.25, 0.3) is 0 Å². The number of aliphatic hydroxyl groups is 3. The molecule has 0 bridgehead atoms. The van der Waals surface area contributed by atoms with E-state index in [4.69, 9.17) is 10.5 Å². The maximum absolute atomic E-state index is 9.92. The highest BCUT2D eigenvalue weighted by Gasteiger charge is 2.28. The van der Waals surface area contributed by atoms with Crippen molar-refractivity contribution in [2.75, 3.05) is 17.7 Å². The van der Waals surface area contributed by atoms with E-state index < -0.39 is 31.1 Å². The molecule has 1 unspecified atom stereocenters. The minimum Gasteiger partial charge on any atom is -0.394 e. The first-order valence-electron chi connectivity index (χ1n) is 8.29. The molecule has 3 rings (SSSR count). The second kappa shape index (κ2) is 7.08. The number of hydrogen-bond donors (Lipinski definition) is 5. The van der Waals surface area contributed by atoms with Gasteiger partial charge in [0.2, 0.25) is 5.95 Å². The molecule has 0 aromatic carbocycles. The van der Waals surface area contributed by atoms with E-state index >= 15 is 0 Å². The Labute approximate surface area is 144 Å². The third-order valence-corrected chi connectivity index (χ3v) is 4.18. The number of nitrogens with two attached hydrogens (primary N) is 1. The number of hydrogen-bond acceptors (Lipinski definition) is 9. The predicted octanol–water partition coefficient (Wildman–Crippen LogP) is -0.380. The molecule has 6 N–H and O–H groups in total. The third-order valence-electron chi connectivity index (χ3n) is 4.18. The first-order chi connectivity index (χ1) is 11.9. The van der Waals surface area contributed by atoms with Gasteiger partial charge in [0.05, 0.1) is 19.0 Å². The van der Waals surface area contributed by atoms with Gasteiger partial charge in [-0.3, -0.25) is 4.57 Å². The Morgan fingerprint density at radius 3 is 2.68 bits per heavy atom. The average Bonchev–Trinajstić information content (AvgIpc) is 3.27. The molecule has 2 aromatic rings. The van der Waals surface area contributed by atoms with Crippen LogP contribution in [0.15, 0.2) is 6.33 Å². The monoisotopic (exact) mass is 352 g/mol. The topological polar surface area (TPSA) is 152 Å². The Morgan fingerprint density at radius 2 is 2.08 bits per heavy atom. The molecule has 1 aliphatic rings. The van der Waals surface area contributed by atoms with Gasteiger partial charge >= 0.3 is 0 Å². The van der Waals surface area contributed by atoms with E-state index in [1.807, 2.05) is 0 Å². The number of ether oxygens (including phenoxy) is 1. The number of rotatable bonds is 8. The van der Waals surface area contributed by atoms with Crippen LogP contribution in [0.25, 0.3) is 11.2 Å². The molecule has 25 heavy (non-hydrogen) atoms. The summed E-state index contributed by atoms with van der Waals surface area (Å²) in [6, 6.07) is 0.385. The van der Waals surface area contributed by atoms with Gasteiger partial charge in [0.15, 0.2) is 17.0 Å². The first kappa shape index (κ1) is 17.8. The summed E-state index contributed by atoms with van der Waals surface area (Å²) >= 11 is 0. The molecule has 0 spiro atoms. The molecule has 1 saturated carbocycles. The van der Waals surface area contributed by atoms with Gasteiger partial charge in [0.1, 0.15) is 18.4 Å². The summed E-state index contributed by atoms with van der Waals surface area (Å²) in [7, 11) is 0. The zero-order valence-electron chi connectivity index (χ0n) is 14.2. The van der Waals surface area contributed by atoms with Crippen LogP contribution in [0.3, 0.4) is 0 Å². The molecule has 1 fully saturated rings. The molecular formula is C15H24N6O4. The van der Waals surface area contributed by atoms with Crippen molar-refractivity contribution in [3.8, 4) is 0 Å². The number of aliphatic hydroxyl groups excluding tert-OH is 3. The van der Waals surface area contributed by atoms with Crippen LogP contribution in [0.1, 0.15) is 32.9 Å². The lowest BCUT2D eigenvalue weighted by molar-refractivity contribution is -0.140. The SMILES string of the molecule is CC(O)[C@H](O)[C@@H](CO)O[C@H](C)n1cnc2c(NC3CC3)nc(N)nc21. The van der Waals surface area contributed by atoms with Crippen molar-refractivity contribution in [1.29, 1.82) is 0 Å².